The van der Waals surface area contributed by atoms with Crippen molar-refractivity contribution in [1.29, 1.82) is 0 Å². The van der Waals surface area contributed by atoms with Gasteiger partial charge in [-0.05, 0) is 53.6 Å². The van der Waals surface area contributed by atoms with Crippen molar-refractivity contribution in [2.75, 3.05) is 14.2 Å². The summed E-state index contributed by atoms with van der Waals surface area (Å²) in [6, 6.07) is 14.4. The molecule has 0 aliphatic carbocycles. The maximum atomic E-state index is 13.1. The first-order valence-electron chi connectivity index (χ1n) is 8.20. The molecule has 0 bridgehead atoms. The zero-order chi connectivity index (χ0) is 19.0. The van der Waals surface area contributed by atoms with Crippen molar-refractivity contribution in [3.05, 3.63) is 70.1 Å². The molecule has 2 heterocycles. The van der Waals surface area contributed by atoms with Gasteiger partial charge in [0.05, 0.1) is 25.3 Å². The van der Waals surface area contributed by atoms with E-state index in [1.54, 1.807) is 44.7 Å². The zero-order valence-electron chi connectivity index (χ0n) is 14.7. The quantitative estimate of drug-likeness (QED) is 0.579. The molecule has 2 aromatic heterocycles. The van der Waals surface area contributed by atoms with Crippen LogP contribution in [0.25, 0.3) is 27.8 Å². The molecule has 1 N–H and O–H groups in total. The van der Waals surface area contributed by atoms with Gasteiger partial charge in [0, 0.05) is 11.2 Å². The molecule has 6 nitrogen and oxygen atoms in total. The van der Waals surface area contributed by atoms with Crippen LogP contribution in [-0.4, -0.2) is 29.0 Å². The molecule has 0 spiro atoms. The molecule has 27 heavy (non-hydrogen) atoms. The maximum Gasteiger partial charge on any atom is 0.281 e. The Balaban J connectivity index is 1.93. The first kappa shape index (κ1) is 17.2. The van der Waals surface area contributed by atoms with E-state index in [1.165, 1.54) is 4.68 Å². The van der Waals surface area contributed by atoms with Crippen molar-refractivity contribution < 1.29 is 9.47 Å². The second-order valence-electron chi connectivity index (χ2n) is 5.88. The Hall–Kier alpha value is -3.25. The van der Waals surface area contributed by atoms with Crippen LogP contribution in [0.1, 0.15) is 0 Å². The molecule has 0 amide bonds. The molecular weight excluding hydrogens is 366 g/mol. The van der Waals surface area contributed by atoms with Crippen molar-refractivity contribution in [2.24, 2.45) is 0 Å². The first-order chi connectivity index (χ1) is 13.1. The molecule has 4 rings (SSSR count). The second kappa shape index (κ2) is 6.81. The average molecular weight is 382 g/mol. The molecule has 0 saturated heterocycles. The van der Waals surface area contributed by atoms with Crippen LogP contribution in [0.3, 0.4) is 0 Å². The van der Waals surface area contributed by atoms with Gasteiger partial charge in [-0.3, -0.25) is 9.89 Å². The minimum atomic E-state index is -0.190. The summed E-state index contributed by atoms with van der Waals surface area (Å²) in [6.07, 6.45) is 1.66. The number of fused-ring (bicyclic) bond motifs is 1. The number of rotatable bonds is 4. The van der Waals surface area contributed by atoms with Gasteiger partial charge in [-0.1, -0.05) is 17.7 Å². The van der Waals surface area contributed by atoms with E-state index in [9.17, 15) is 4.79 Å². The average Bonchev–Trinajstić information content (AvgIpc) is 3.05. The van der Waals surface area contributed by atoms with Gasteiger partial charge in [0.15, 0.2) is 17.1 Å². The summed E-state index contributed by atoms with van der Waals surface area (Å²) in [4.78, 5) is 17.4. The number of halogens is 1. The van der Waals surface area contributed by atoms with Gasteiger partial charge < -0.3 is 9.47 Å². The number of methoxy groups -OCH3 is 2. The highest BCUT2D eigenvalue weighted by Crippen LogP contribution is 2.34. The van der Waals surface area contributed by atoms with Crippen LogP contribution in [0.5, 0.6) is 11.5 Å². The molecule has 0 saturated carbocycles. The molecular formula is C20H16ClN3O3. The Morgan fingerprint density at radius 3 is 2.44 bits per heavy atom. The molecule has 7 heteroatoms. The van der Waals surface area contributed by atoms with Gasteiger partial charge in [-0.15, -0.1) is 0 Å². The lowest BCUT2D eigenvalue weighted by Gasteiger charge is -2.09. The van der Waals surface area contributed by atoms with Crippen LogP contribution < -0.4 is 15.0 Å². The molecule has 0 aliphatic heterocycles. The number of aromatic amines is 1. The van der Waals surface area contributed by atoms with E-state index in [2.05, 4.69) is 10.1 Å². The lowest BCUT2D eigenvalue weighted by Crippen LogP contribution is -2.14. The summed E-state index contributed by atoms with van der Waals surface area (Å²) < 4.78 is 12.1. The predicted octanol–water partition coefficient (Wildman–Crippen LogP) is 4.05. The van der Waals surface area contributed by atoms with Crippen molar-refractivity contribution in [1.82, 2.24) is 14.8 Å². The SMILES string of the molecule is COc1ccc(-c2ccnc3[nH]n(-c4ccc(Cl)cc4)c(=O)c23)cc1OC. The zero-order valence-corrected chi connectivity index (χ0v) is 15.4. The molecule has 2 aromatic carbocycles. The number of aromatic nitrogens is 3. The van der Waals surface area contributed by atoms with E-state index in [0.717, 1.165) is 11.1 Å². The fourth-order valence-corrected chi connectivity index (χ4v) is 3.17. The van der Waals surface area contributed by atoms with Crippen LogP contribution in [0.4, 0.5) is 0 Å². The van der Waals surface area contributed by atoms with Crippen LogP contribution in [0.15, 0.2) is 59.5 Å². The van der Waals surface area contributed by atoms with Crippen molar-refractivity contribution in [2.45, 2.75) is 0 Å². The minimum Gasteiger partial charge on any atom is -0.493 e. The topological polar surface area (TPSA) is 69.1 Å². The Bertz CT molecular complexity index is 1180. The summed E-state index contributed by atoms with van der Waals surface area (Å²) >= 11 is 5.94. The normalized spacial score (nSPS) is 10.9. The lowest BCUT2D eigenvalue weighted by molar-refractivity contribution is 0.355. The van der Waals surface area contributed by atoms with Crippen molar-refractivity contribution in [3.8, 4) is 28.3 Å². The van der Waals surface area contributed by atoms with Gasteiger partial charge >= 0.3 is 0 Å². The number of ether oxygens (including phenoxy) is 2. The predicted molar refractivity (Wildman–Crippen MR) is 105 cm³/mol. The van der Waals surface area contributed by atoms with Gasteiger partial charge in [-0.2, -0.15) is 0 Å². The van der Waals surface area contributed by atoms with E-state index in [0.29, 0.717) is 33.2 Å². The monoisotopic (exact) mass is 381 g/mol. The van der Waals surface area contributed by atoms with Crippen LogP contribution in [-0.2, 0) is 0 Å². The van der Waals surface area contributed by atoms with Gasteiger partial charge in [0.1, 0.15) is 0 Å². The summed E-state index contributed by atoms with van der Waals surface area (Å²) in [5.41, 5.74) is 2.59. The van der Waals surface area contributed by atoms with E-state index < -0.39 is 0 Å². The lowest BCUT2D eigenvalue weighted by atomic mass is 10.0. The highest BCUT2D eigenvalue weighted by Gasteiger charge is 2.16. The van der Waals surface area contributed by atoms with E-state index in [4.69, 9.17) is 21.1 Å². The molecule has 0 radical (unpaired) electrons. The second-order valence-corrected chi connectivity index (χ2v) is 6.32. The highest BCUT2D eigenvalue weighted by molar-refractivity contribution is 6.30. The Kier molecular flexibility index (Phi) is 4.33. The number of nitrogens with one attached hydrogen (secondary N) is 1. The molecule has 0 atom stereocenters. The van der Waals surface area contributed by atoms with Crippen molar-refractivity contribution in [3.63, 3.8) is 0 Å². The largest absolute Gasteiger partial charge is 0.493 e. The van der Waals surface area contributed by atoms with E-state index in [-0.39, 0.29) is 5.56 Å². The Morgan fingerprint density at radius 2 is 1.74 bits per heavy atom. The number of nitrogens with zero attached hydrogens (tertiary/aromatic N) is 2. The van der Waals surface area contributed by atoms with Crippen LogP contribution in [0, 0.1) is 0 Å². The Labute approximate surface area is 159 Å². The van der Waals surface area contributed by atoms with Gasteiger partial charge in [0.25, 0.3) is 5.56 Å². The number of hydrogen-bond donors (Lipinski definition) is 1. The first-order valence-corrected chi connectivity index (χ1v) is 8.58. The van der Waals surface area contributed by atoms with Crippen LogP contribution >= 0.6 is 11.6 Å². The summed E-state index contributed by atoms with van der Waals surface area (Å²) in [5.74, 6) is 1.22. The summed E-state index contributed by atoms with van der Waals surface area (Å²) in [6.45, 7) is 0. The number of H-pyrrole nitrogens is 1. The third-order valence-electron chi connectivity index (χ3n) is 4.37. The van der Waals surface area contributed by atoms with E-state index >= 15 is 0 Å². The number of pyridine rings is 1. The third kappa shape index (κ3) is 2.94. The molecule has 0 fully saturated rings. The maximum absolute atomic E-state index is 13.1. The Morgan fingerprint density at radius 1 is 1.00 bits per heavy atom. The fourth-order valence-electron chi connectivity index (χ4n) is 3.05. The van der Waals surface area contributed by atoms with E-state index in [1.807, 2.05) is 24.3 Å². The highest BCUT2D eigenvalue weighted by atomic mass is 35.5. The van der Waals surface area contributed by atoms with Gasteiger partial charge in [0.2, 0.25) is 0 Å². The number of benzene rings is 2. The standard InChI is InChI=1S/C20H16ClN3O3/c1-26-16-8-3-12(11-17(16)27-2)15-9-10-22-19-18(15)20(25)24(23-19)14-6-4-13(21)5-7-14/h3-11H,1-2H3,(H,22,23). The van der Waals surface area contributed by atoms with Crippen LogP contribution in [0.2, 0.25) is 5.02 Å². The smallest absolute Gasteiger partial charge is 0.281 e. The number of hydrogen-bond acceptors (Lipinski definition) is 4. The summed E-state index contributed by atoms with van der Waals surface area (Å²) in [7, 11) is 3.16. The molecule has 4 aromatic rings. The summed E-state index contributed by atoms with van der Waals surface area (Å²) in [5, 5.41) is 4.16. The third-order valence-corrected chi connectivity index (χ3v) is 4.62. The van der Waals surface area contributed by atoms with Crippen molar-refractivity contribution >= 4 is 22.6 Å². The van der Waals surface area contributed by atoms with Gasteiger partial charge in [-0.25, -0.2) is 9.67 Å². The molecule has 0 aliphatic rings. The molecule has 136 valence electrons. The minimum absolute atomic E-state index is 0.190. The molecule has 0 unspecified atom stereocenters. The fraction of sp³-hybridized carbons (Fsp3) is 0.100.